The normalized spacial score (nSPS) is 11.5. The van der Waals surface area contributed by atoms with Gasteiger partial charge in [0.2, 0.25) is 0 Å². The molecule has 13 heavy (non-hydrogen) atoms. The number of hydrogen-bond acceptors (Lipinski definition) is 3. The molecular weight excluding hydrogens is 180 g/mol. The fourth-order valence-electron chi connectivity index (χ4n) is 0.976. The van der Waals surface area contributed by atoms with Gasteiger partial charge in [-0.3, -0.25) is 0 Å². The Morgan fingerprint density at radius 2 is 2.08 bits per heavy atom. The Labute approximate surface area is 84.4 Å². The first kappa shape index (κ1) is 10.7. The maximum absolute atomic E-state index is 4.37. The number of hydrogen-bond donors (Lipinski definition) is 1. The highest BCUT2D eigenvalue weighted by molar-refractivity contribution is 7.11. The Kier molecular flexibility index (Phi) is 3.88. The molecule has 0 unspecified atom stereocenters. The van der Waals surface area contributed by atoms with Crippen molar-refractivity contribution in [2.75, 3.05) is 0 Å². The minimum Gasteiger partial charge on any atom is -0.310 e. The zero-order valence-corrected chi connectivity index (χ0v) is 9.61. The third-order valence-electron chi connectivity index (χ3n) is 1.75. The summed E-state index contributed by atoms with van der Waals surface area (Å²) in [6.07, 6.45) is 1.98. The van der Waals surface area contributed by atoms with Crippen LogP contribution in [0, 0.1) is 0 Å². The molecule has 0 amide bonds. The highest BCUT2D eigenvalue weighted by Crippen LogP contribution is 2.20. The van der Waals surface area contributed by atoms with Crippen LogP contribution in [0.5, 0.6) is 0 Å². The molecule has 0 aliphatic heterocycles. The maximum atomic E-state index is 4.37. The van der Waals surface area contributed by atoms with Crippen molar-refractivity contribution in [3.63, 3.8) is 0 Å². The van der Waals surface area contributed by atoms with Crippen LogP contribution in [0.1, 0.15) is 43.5 Å². The van der Waals surface area contributed by atoms with Crippen molar-refractivity contribution in [1.82, 2.24) is 10.3 Å². The molecule has 0 aromatic carbocycles. The molecule has 2 nitrogen and oxygen atoms in total. The number of nitrogens with one attached hydrogen (secondary N) is 1. The van der Waals surface area contributed by atoms with Gasteiger partial charge in [0.1, 0.15) is 0 Å². The predicted octanol–water partition coefficient (Wildman–Crippen LogP) is 2.76. The van der Waals surface area contributed by atoms with Crippen molar-refractivity contribution in [3.8, 4) is 0 Å². The summed E-state index contributed by atoms with van der Waals surface area (Å²) in [6.45, 7) is 9.62. The van der Waals surface area contributed by atoms with Crippen molar-refractivity contribution < 1.29 is 0 Å². The summed E-state index contributed by atoms with van der Waals surface area (Å²) in [5.41, 5.74) is 0. The molecule has 1 aromatic rings. The second-order valence-corrected chi connectivity index (χ2v) is 5.00. The van der Waals surface area contributed by atoms with E-state index in [2.05, 4.69) is 38.0 Å². The molecule has 1 aromatic heterocycles. The average Bonchev–Trinajstić information content (AvgIpc) is 2.48. The van der Waals surface area contributed by atoms with E-state index in [-0.39, 0.29) is 0 Å². The molecule has 0 saturated heterocycles. The Morgan fingerprint density at radius 3 is 2.54 bits per heavy atom. The van der Waals surface area contributed by atoms with E-state index < -0.39 is 0 Å². The van der Waals surface area contributed by atoms with Gasteiger partial charge < -0.3 is 5.32 Å². The fourth-order valence-corrected chi connectivity index (χ4v) is 1.85. The van der Waals surface area contributed by atoms with Crippen LogP contribution in [-0.4, -0.2) is 11.0 Å². The van der Waals surface area contributed by atoms with Crippen LogP contribution < -0.4 is 5.32 Å². The molecule has 1 rings (SSSR count). The number of nitrogens with zero attached hydrogens (tertiary/aromatic N) is 1. The highest BCUT2D eigenvalue weighted by Gasteiger charge is 2.05. The smallest absolute Gasteiger partial charge is 0.0953 e. The van der Waals surface area contributed by atoms with Crippen molar-refractivity contribution in [3.05, 3.63) is 16.1 Å². The van der Waals surface area contributed by atoms with Crippen molar-refractivity contribution in [1.29, 1.82) is 0 Å². The summed E-state index contributed by atoms with van der Waals surface area (Å²) < 4.78 is 0. The lowest BCUT2D eigenvalue weighted by molar-refractivity contribution is 0.593. The van der Waals surface area contributed by atoms with Crippen LogP contribution in [0.3, 0.4) is 0 Å². The standard InChI is InChI=1S/C10H18N2S/c1-7(2)10-12-6-9(13-10)5-11-8(3)4/h6-8,11H,5H2,1-4H3. The summed E-state index contributed by atoms with van der Waals surface area (Å²) in [6, 6.07) is 0.546. The van der Waals surface area contributed by atoms with Gasteiger partial charge in [-0.1, -0.05) is 27.7 Å². The van der Waals surface area contributed by atoms with Gasteiger partial charge in [-0.15, -0.1) is 11.3 Å². The SMILES string of the molecule is CC(C)NCc1cnc(C(C)C)s1. The monoisotopic (exact) mass is 198 g/mol. The average molecular weight is 198 g/mol. The first-order chi connectivity index (χ1) is 6.09. The third-order valence-corrected chi connectivity index (χ3v) is 3.05. The molecule has 0 aliphatic rings. The highest BCUT2D eigenvalue weighted by atomic mass is 32.1. The van der Waals surface area contributed by atoms with E-state index in [0.29, 0.717) is 12.0 Å². The summed E-state index contributed by atoms with van der Waals surface area (Å²) in [7, 11) is 0. The van der Waals surface area contributed by atoms with Crippen LogP contribution in [0.15, 0.2) is 6.20 Å². The van der Waals surface area contributed by atoms with E-state index in [4.69, 9.17) is 0 Å². The lowest BCUT2D eigenvalue weighted by Gasteiger charge is -2.04. The molecule has 1 N–H and O–H groups in total. The molecule has 3 heteroatoms. The molecule has 74 valence electrons. The largest absolute Gasteiger partial charge is 0.310 e. The van der Waals surface area contributed by atoms with Gasteiger partial charge in [0.15, 0.2) is 0 Å². The van der Waals surface area contributed by atoms with E-state index in [1.807, 2.05) is 17.5 Å². The van der Waals surface area contributed by atoms with Crippen molar-refractivity contribution >= 4 is 11.3 Å². The van der Waals surface area contributed by atoms with Gasteiger partial charge >= 0.3 is 0 Å². The van der Waals surface area contributed by atoms with Gasteiger partial charge in [-0.2, -0.15) is 0 Å². The molecule has 0 aliphatic carbocycles. The maximum Gasteiger partial charge on any atom is 0.0953 e. The quantitative estimate of drug-likeness (QED) is 0.804. The van der Waals surface area contributed by atoms with E-state index in [1.165, 1.54) is 9.88 Å². The predicted molar refractivity (Wildman–Crippen MR) is 58.2 cm³/mol. The minimum atomic E-state index is 0.546. The van der Waals surface area contributed by atoms with Gasteiger partial charge in [0, 0.05) is 29.6 Å². The van der Waals surface area contributed by atoms with E-state index in [9.17, 15) is 0 Å². The Bertz CT molecular complexity index is 253. The minimum absolute atomic E-state index is 0.546. The molecule has 0 saturated carbocycles. The van der Waals surface area contributed by atoms with Gasteiger partial charge in [-0.05, 0) is 0 Å². The molecule has 0 radical (unpaired) electrons. The Hall–Kier alpha value is -0.410. The molecular formula is C10H18N2S. The molecule has 0 bridgehead atoms. The number of aromatic nitrogens is 1. The topological polar surface area (TPSA) is 24.9 Å². The lowest BCUT2D eigenvalue weighted by Crippen LogP contribution is -2.21. The molecule has 1 heterocycles. The van der Waals surface area contributed by atoms with E-state index in [1.54, 1.807) is 0 Å². The summed E-state index contributed by atoms with van der Waals surface area (Å²) in [4.78, 5) is 5.70. The number of rotatable bonds is 4. The van der Waals surface area contributed by atoms with E-state index in [0.717, 1.165) is 6.54 Å². The molecule has 0 atom stereocenters. The summed E-state index contributed by atoms with van der Waals surface area (Å²) in [5.74, 6) is 0.554. The summed E-state index contributed by atoms with van der Waals surface area (Å²) >= 11 is 1.81. The summed E-state index contributed by atoms with van der Waals surface area (Å²) in [5, 5.41) is 4.62. The Morgan fingerprint density at radius 1 is 1.38 bits per heavy atom. The second kappa shape index (κ2) is 4.72. The van der Waals surface area contributed by atoms with Crippen LogP contribution in [-0.2, 0) is 6.54 Å². The van der Waals surface area contributed by atoms with Crippen LogP contribution >= 0.6 is 11.3 Å². The molecule has 0 fully saturated rings. The van der Waals surface area contributed by atoms with Crippen molar-refractivity contribution in [2.45, 2.75) is 46.2 Å². The first-order valence-electron chi connectivity index (χ1n) is 4.77. The third kappa shape index (κ3) is 3.44. The Balaban J connectivity index is 2.49. The zero-order chi connectivity index (χ0) is 9.84. The van der Waals surface area contributed by atoms with Crippen LogP contribution in [0.4, 0.5) is 0 Å². The van der Waals surface area contributed by atoms with Gasteiger partial charge in [-0.25, -0.2) is 4.98 Å². The first-order valence-corrected chi connectivity index (χ1v) is 5.59. The zero-order valence-electron chi connectivity index (χ0n) is 8.79. The fraction of sp³-hybridized carbons (Fsp3) is 0.700. The van der Waals surface area contributed by atoms with Crippen molar-refractivity contribution in [2.24, 2.45) is 0 Å². The van der Waals surface area contributed by atoms with Crippen LogP contribution in [0.2, 0.25) is 0 Å². The van der Waals surface area contributed by atoms with Gasteiger partial charge in [0.05, 0.1) is 5.01 Å². The van der Waals surface area contributed by atoms with Gasteiger partial charge in [0.25, 0.3) is 0 Å². The lowest BCUT2D eigenvalue weighted by atomic mass is 10.2. The van der Waals surface area contributed by atoms with Crippen LogP contribution in [0.25, 0.3) is 0 Å². The molecule has 0 spiro atoms. The number of thiazole rings is 1. The van der Waals surface area contributed by atoms with E-state index >= 15 is 0 Å². The second-order valence-electron chi connectivity index (χ2n) is 3.86.